The number of carbonyl (C=O) groups excluding carboxylic acids is 1. The third-order valence-electron chi connectivity index (χ3n) is 6.68. The highest BCUT2D eigenvalue weighted by Crippen LogP contribution is 2.49. The first-order chi connectivity index (χ1) is 14.8. The average Bonchev–Trinajstić information content (AvgIpc) is 3.37. The average molecular weight is 443 g/mol. The summed E-state index contributed by atoms with van der Waals surface area (Å²) in [4.78, 5) is 12.4. The number of anilines is 1. The fourth-order valence-electron chi connectivity index (χ4n) is 5.08. The van der Waals surface area contributed by atoms with Crippen molar-refractivity contribution in [2.45, 2.75) is 50.5 Å². The maximum absolute atomic E-state index is 12.8. The van der Waals surface area contributed by atoms with E-state index < -0.39 is 10.0 Å². The van der Waals surface area contributed by atoms with Crippen LogP contribution in [0.2, 0.25) is 0 Å². The zero-order chi connectivity index (χ0) is 22.0. The van der Waals surface area contributed by atoms with Crippen LogP contribution in [0.4, 0.5) is 5.69 Å². The van der Waals surface area contributed by atoms with Crippen LogP contribution in [0, 0.1) is 24.7 Å². The first-order valence-electron chi connectivity index (χ1n) is 10.9. The minimum atomic E-state index is -3.60. The Morgan fingerprint density at radius 1 is 1.10 bits per heavy atom. The van der Waals surface area contributed by atoms with E-state index >= 15 is 0 Å². The number of hydrogen-bond donors (Lipinski definition) is 2. The summed E-state index contributed by atoms with van der Waals surface area (Å²) in [7, 11) is -3.60. The quantitative estimate of drug-likeness (QED) is 0.644. The number of amides is 1. The van der Waals surface area contributed by atoms with Crippen LogP contribution in [0.5, 0.6) is 5.75 Å². The molecule has 0 aliphatic heterocycles. The number of para-hydroxylation sites is 1. The van der Waals surface area contributed by atoms with Crippen LogP contribution < -0.4 is 14.8 Å². The van der Waals surface area contributed by atoms with E-state index in [-0.39, 0.29) is 23.5 Å². The van der Waals surface area contributed by atoms with Crippen LogP contribution >= 0.6 is 0 Å². The summed E-state index contributed by atoms with van der Waals surface area (Å²) in [6.45, 7) is 3.78. The van der Waals surface area contributed by atoms with Crippen LogP contribution in [0.15, 0.2) is 53.4 Å². The van der Waals surface area contributed by atoms with Gasteiger partial charge in [0.05, 0.1) is 4.90 Å². The Morgan fingerprint density at radius 3 is 2.48 bits per heavy atom. The fraction of sp³-hybridized carbons (Fsp3) is 0.458. The minimum absolute atomic E-state index is 0.0710. The standard InChI is InChI=1S/C24H30N2O4S/c1-16-5-3-4-6-23(16)30-15-24(27)25-20-9-11-21(12-10-20)31(28,29)26-17(2)22-14-18-7-8-19(22)13-18/h3-6,9-12,17-19,22,26H,7-8,13-15H2,1-2H3,(H,25,27)/t17-,18-,19-,22+/m0/s1. The molecule has 2 aromatic rings. The van der Waals surface area contributed by atoms with Crippen molar-refractivity contribution in [3.05, 3.63) is 54.1 Å². The number of ether oxygens (including phenoxy) is 1. The van der Waals surface area contributed by atoms with E-state index in [2.05, 4.69) is 10.0 Å². The second-order valence-corrected chi connectivity index (χ2v) is 10.6. The normalized spacial score (nSPS) is 23.5. The Balaban J connectivity index is 1.31. The zero-order valence-corrected chi connectivity index (χ0v) is 18.8. The van der Waals surface area contributed by atoms with Crippen LogP contribution in [-0.4, -0.2) is 27.0 Å². The van der Waals surface area contributed by atoms with E-state index in [0.29, 0.717) is 23.3 Å². The van der Waals surface area contributed by atoms with Gasteiger partial charge in [-0.15, -0.1) is 0 Å². The second kappa shape index (κ2) is 9.01. The van der Waals surface area contributed by atoms with Gasteiger partial charge < -0.3 is 10.1 Å². The van der Waals surface area contributed by atoms with Crippen LogP contribution in [-0.2, 0) is 14.8 Å². The van der Waals surface area contributed by atoms with Gasteiger partial charge in [-0.2, -0.15) is 0 Å². The lowest BCUT2D eigenvalue weighted by Gasteiger charge is -2.28. The molecule has 0 unspecified atom stereocenters. The third kappa shape index (κ3) is 5.10. The number of fused-ring (bicyclic) bond motifs is 2. The van der Waals surface area contributed by atoms with Gasteiger partial charge in [-0.1, -0.05) is 24.6 Å². The van der Waals surface area contributed by atoms with Crippen LogP contribution in [0.25, 0.3) is 0 Å². The summed E-state index contributed by atoms with van der Waals surface area (Å²) in [5.74, 6) is 2.22. The van der Waals surface area contributed by atoms with Crippen molar-refractivity contribution in [3.63, 3.8) is 0 Å². The first-order valence-corrected chi connectivity index (χ1v) is 12.4. The summed E-state index contributed by atoms with van der Waals surface area (Å²) >= 11 is 0. The molecule has 4 atom stereocenters. The summed E-state index contributed by atoms with van der Waals surface area (Å²) in [5, 5.41) is 2.73. The molecule has 0 aromatic heterocycles. The number of hydrogen-bond acceptors (Lipinski definition) is 4. The number of carbonyl (C=O) groups is 1. The molecule has 0 heterocycles. The van der Waals surface area contributed by atoms with Crippen LogP contribution in [0.1, 0.15) is 38.2 Å². The smallest absolute Gasteiger partial charge is 0.262 e. The topological polar surface area (TPSA) is 84.5 Å². The summed E-state index contributed by atoms with van der Waals surface area (Å²) in [6.07, 6.45) is 4.90. The van der Waals surface area contributed by atoms with E-state index in [1.807, 2.05) is 38.1 Å². The molecule has 2 aliphatic rings. The van der Waals surface area contributed by atoms with Crippen molar-refractivity contribution in [1.29, 1.82) is 0 Å². The number of benzene rings is 2. The van der Waals surface area contributed by atoms with Gasteiger partial charge >= 0.3 is 0 Å². The summed E-state index contributed by atoms with van der Waals surface area (Å²) < 4.78 is 34.0. The molecule has 0 saturated heterocycles. The van der Waals surface area contributed by atoms with Crippen molar-refractivity contribution in [2.75, 3.05) is 11.9 Å². The Hall–Kier alpha value is -2.38. The third-order valence-corrected chi connectivity index (χ3v) is 8.25. The Kier molecular flexibility index (Phi) is 6.34. The molecule has 0 radical (unpaired) electrons. The number of rotatable bonds is 8. The molecular weight excluding hydrogens is 412 g/mol. The molecule has 1 amide bonds. The van der Waals surface area contributed by atoms with E-state index in [9.17, 15) is 13.2 Å². The second-order valence-electron chi connectivity index (χ2n) is 8.88. The Morgan fingerprint density at radius 2 is 1.84 bits per heavy atom. The lowest BCUT2D eigenvalue weighted by Crippen LogP contribution is -2.40. The van der Waals surface area contributed by atoms with Crippen LogP contribution in [0.3, 0.4) is 0 Å². The largest absolute Gasteiger partial charge is 0.483 e. The fourth-order valence-corrected chi connectivity index (χ4v) is 6.38. The zero-order valence-electron chi connectivity index (χ0n) is 18.0. The van der Waals surface area contributed by atoms with E-state index in [1.165, 1.54) is 31.4 Å². The predicted octanol–water partition coefficient (Wildman–Crippen LogP) is 4.12. The van der Waals surface area contributed by atoms with Crippen molar-refractivity contribution in [2.24, 2.45) is 17.8 Å². The number of sulfonamides is 1. The number of nitrogens with one attached hydrogen (secondary N) is 2. The molecule has 4 rings (SSSR count). The monoisotopic (exact) mass is 442 g/mol. The van der Waals surface area contributed by atoms with Gasteiger partial charge in [0.25, 0.3) is 5.91 Å². The summed E-state index contributed by atoms with van der Waals surface area (Å²) in [6, 6.07) is 13.7. The van der Waals surface area contributed by atoms with Gasteiger partial charge in [-0.25, -0.2) is 13.1 Å². The molecule has 0 spiro atoms. The molecule has 2 aromatic carbocycles. The molecular formula is C24H30N2O4S. The Bertz CT molecular complexity index is 1040. The molecule has 2 aliphatic carbocycles. The molecule has 2 N–H and O–H groups in total. The van der Waals surface area contributed by atoms with Gasteiger partial charge in [0.15, 0.2) is 6.61 Å². The minimum Gasteiger partial charge on any atom is -0.483 e. The maximum Gasteiger partial charge on any atom is 0.262 e. The lowest BCUT2D eigenvalue weighted by molar-refractivity contribution is -0.118. The van der Waals surface area contributed by atoms with E-state index in [1.54, 1.807) is 12.1 Å². The molecule has 2 fully saturated rings. The van der Waals surface area contributed by atoms with Gasteiger partial charge in [-0.05, 0) is 86.8 Å². The lowest BCUT2D eigenvalue weighted by atomic mass is 9.84. The van der Waals surface area contributed by atoms with Crippen molar-refractivity contribution < 1.29 is 17.9 Å². The molecule has 166 valence electrons. The van der Waals surface area contributed by atoms with Gasteiger partial charge in [-0.3, -0.25) is 4.79 Å². The van der Waals surface area contributed by atoms with Crippen molar-refractivity contribution in [1.82, 2.24) is 4.72 Å². The maximum atomic E-state index is 12.8. The highest BCUT2D eigenvalue weighted by Gasteiger charge is 2.42. The molecule has 2 bridgehead atoms. The number of aryl methyl sites for hydroxylation is 1. The predicted molar refractivity (Wildman–Crippen MR) is 120 cm³/mol. The van der Waals surface area contributed by atoms with E-state index in [0.717, 1.165) is 17.9 Å². The van der Waals surface area contributed by atoms with E-state index in [4.69, 9.17) is 4.74 Å². The highest BCUT2D eigenvalue weighted by atomic mass is 32.2. The summed E-state index contributed by atoms with van der Waals surface area (Å²) in [5.41, 5.74) is 1.48. The molecule has 2 saturated carbocycles. The van der Waals surface area contributed by atoms with Gasteiger partial charge in [0, 0.05) is 11.7 Å². The van der Waals surface area contributed by atoms with Crippen molar-refractivity contribution >= 4 is 21.6 Å². The highest BCUT2D eigenvalue weighted by molar-refractivity contribution is 7.89. The first kappa shape index (κ1) is 21.8. The Labute approximate surface area is 184 Å². The van der Waals surface area contributed by atoms with Gasteiger partial charge in [0.1, 0.15) is 5.75 Å². The van der Waals surface area contributed by atoms with Gasteiger partial charge in [0.2, 0.25) is 10.0 Å². The molecule has 7 heteroatoms. The SMILES string of the molecule is Cc1ccccc1OCC(=O)Nc1ccc(S(=O)(=O)N[C@@H](C)[C@H]2C[C@H]3CC[C@H]2C3)cc1. The molecule has 6 nitrogen and oxygen atoms in total. The van der Waals surface area contributed by atoms with Crippen molar-refractivity contribution in [3.8, 4) is 5.75 Å². The molecule has 31 heavy (non-hydrogen) atoms.